The summed E-state index contributed by atoms with van der Waals surface area (Å²) in [6.07, 6.45) is 9.78. The van der Waals surface area contributed by atoms with Crippen LogP contribution in [0.25, 0.3) is 0 Å². The van der Waals surface area contributed by atoms with Gasteiger partial charge in [0.2, 0.25) is 0 Å². The fraction of sp³-hybridized carbons (Fsp3) is 0.409. The van der Waals surface area contributed by atoms with Crippen molar-refractivity contribution >= 4 is 6.72 Å². The Hall–Kier alpha value is -2.75. The Morgan fingerprint density at radius 3 is 2.57 bits per heavy atom. The van der Waals surface area contributed by atoms with Crippen molar-refractivity contribution in [2.75, 3.05) is 0 Å². The Morgan fingerprint density at radius 2 is 2.07 bits per heavy atom. The highest BCUT2D eigenvalue weighted by molar-refractivity contribution is 5.45. The first-order valence-electron chi connectivity index (χ1n) is 8.95. The van der Waals surface area contributed by atoms with Crippen molar-refractivity contribution in [3.05, 3.63) is 69.1 Å². The molecule has 2 N–H and O–H groups in total. The molecule has 0 fully saturated rings. The van der Waals surface area contributed by atoms with Crippen LogP contribution in [0.1, 0.15) is 48.0 Å². The van der Waals surface area contributed by atoms with Crippen LogP contribution in [0.2, 0.25) is 0 Å². The molecule has 0 aromatic heterocycles. The molecule has 6 heteroatoms. The third-order valence-electron chi connectivity index (χ3n) is 3.84. The van der Waals surface area contributed by atoms with Gasteiger partial charge in [0.15, 0.2) is 0 Å². The van der Waals surface area contributed by atoms with Crippen molar-refractivity contribution in [1.82, 2.24) is 5.32 Å². The molecule has 152 valence electrons. The molecule has 0 heterocycles. The van der Waals surface area contributed by atoms with E-state index in [-0.39, 0.29) is 5.70 Å². The van der Waals surface area contributed by atoms with Gasteiger partial charge in [-0.1, -0.05) is 30.2 Å². The lowest BCUT2D eigenvalue weighted by Gasteiger charge is -2.27. The van der Waals surface area contributed by atoms with Crippen molar-refractivity contribution in [3.8, 4) is 11.8 Å². The molecular formula is C22H31N3O3. The van der Waals surface area contributed by atoms with Crippen LogP contribution < -0.4 is 5.32 Å². The molecule has 0 aromatic carbocycles. The summed E-state index contributed by atoms with van der Waals surface area (Å²) in [4.78, 5) is 14.4. The Bertz CT molecular complexity index is 773. The van der Waals surface area contributed by atoms with Gasteiger partial charge in [0.25, 0.3) is 5.70 Å². The number of nitrogens with one attached hydrogen (secondary N) is 1. The minimum atomic E-state index is -0.974. The number of nitro groups is 1. The van der Waals surface area contributed by atoms with Gasteiger partial charge in [0, 0.05) is 25.1 Å². The van der Waals surface area contributed by atoms with Crippen LogP contribution in [0, 0.1) is 22.0 Å². The molecule has 0 bridgehead atoms. The Morgan fingerprint density at radius 1 is 1.43 bits per heavy atom. The number of aliphatic hydroxyl groups excluding tert-OH is 1. The monoisotopic (exact) mass is 385 g/mol. The molecule has 6 nitrogen and oxygen atoms in total. The quantitative estimate of drug-likeness (QED) is 0.112. The lowest BCUT2D eigenvalue weighted by molar-refractivity contribution is -0.425. The molecule has 1 atom stereocenters. The number of rotatable bonds is 10. The second kappa shape index (κ2) is 12.6. The highest BCUT2D eigenvalue weighted by atomic mass is 16.6. The minimum Gasteiger partial charge on any atom is -0.374 e. The highest BCUT2D eigenvalue weighted by Crippen LogP contribution is 2.21. The van der Waals surface area contributed by atoms with Crippen LogP contribution in [-0.4, -0.2) is 28.5 Å². The fourth-order valence-electron chi connectivity index (χ4n) is 2.51. The van der Waals surface area contributed by atoms with Crippen LogP contribution in [0.5, 0.6) is 0 Å². The van der Waals surface area contributed by atoms with Gasteiger partial charge in [0.1, 0.15) is 6.23 Å². The summed E-state index contributed by atoms with van der Waals surface area (Å²) in [6.45, 7) is 14.1. The molecule has 0 aliphatic heterocycles. The third kappa shape index (κ3) is 9.26. The zero-order chi connectivity index (χ0) is 21.7. The van der Waals surface area contributed by atoms with Gasteiger partial charge in [-0.3, -0.25) is 20.4 Å². The lowest BCUT2D eigenvalue weighted by atomic mass is 9.99. The number of allylic oxidation sites excluding steroid dienone is 6. The molecule has 0 spiro atoms. The number of hydrogen-bond donors (Lipinski definition) is 2. The second-order valence-electron chi connectivity index (χ2n) is 6.69. The van der Waals surface area contributed by atoms with E-state index in [0.29, 0.717) is 23.1 Å². The Balaban J connectivity index is 6.14. The summed E-state index contributed by atoms with van der Waals surface area (Å²) in [5.74, 6) is 5.74. The van der Waals surface area contributed by atoms with Crippen molar-refractivity contribution in [2.24, 2.45) is 4.99 Å². The van der Waals surface area contributed by atoms with Crippen LogP contribution in [0.15, 0.2) is 64.0 Å². The average Bonchev–Trinajstić information content (AvgIpc) is 2.60. The molecule has 0 amide bonds. The molecule has 0 radical (unpaired) electrons. The van der Waals surface area contributed by atoms with Crippen LogP contribution in [0.3, 0.4) is 0 Å². The van der Waals surface area contributed by atoms with Gasteiger partial charge in [-0.15, -0.1) is 5.92 Å². The van der Waals surface area contributed by atoms with E-state index in [1.54, 1.807) is 26.0 Å². The molecule has 1 unspecified atom stereocenters. The maximum atomic E-state index is 11.2. The van der Waals surface area contributed by atoms with Gasteiger partial charge in [0.05, 0.1) is 10.5 Å². The highest BCUT2D eigenvalue weighted by Gasteiger charge is 2.20. The molecular weight excluding hydrogens is 354 g/mol. The van der Waals surface area contributed by atoms with E-state index in [1.807, 2.05) is 32.9 Å². The predicted octanol–water partition coefficient (Wildman–Crippen LogP) is 4.30. The molecule has 0 aliphatic rings. The van der Waals surface area contributed by atoms with E-state index >= 15 is 0 Å². The number of hydrogen-bond acceptors (Lipinski definition) is 5. The molecule has 0 aliphatic carbocycles. The van der Waals surface area contributed by atoms with Gasteiger partial charge < -0.3 is 5.11 Å². The first-order chi connectivity index (χ1) is 13.1. The zero-order valence-electron chi connectivity index (χ0n) is 17.6. The van der Waals surface area contributed by atoms with Crippen molar-refractivity contribution < 1.29 is 10.0 Å². The van der Waals surface area contributed by atoms with Crippen LogP contribution in [0.4, 0.5) is 0 Å². The van der Waals surface area contributed by atoms with E-state index in [9.17, 15) is 15.2 Å². The maximum absolute atomic E-state index is 11.2. The SMILES string of the molecule is C=N\C=C/C(=C(\C)[N+](=O)[O-])C(/C)=C/C(=C\CC#CC)C(O)NC(C)(C)/C=C/C. The largest absolute Gasteiger partial charge is 0.374 e. The fourth-order valence-corrected chi connectivity index (χ4v) is 2.51. The molecule has 28 heavy (non-hydrogen) atoms. The number of aliphatic hydroxyl groups is 1. The summed E-state index contributed by atoms with van der Waals surface area (Å²) in [5, 5.41) is 25.1. The molecule has 0 rings (SSSR count). The summed E-state index contributed by atoms with van der Waals surface area (Å²) in [5.41, 5.74) is 1.15. The van der Waals surface area contributed by atoms with Crippen LogP contribution in [-0.2, 0) is 0 Å². The van der Waals surface area contributed by atoms with Crippen molar-refractivity contribution in [3.63, 3.8) is 0 Å². The zero-order valence-corrected chi connectivity index (χ0v) is 17.6. The van der Waals surface area contributed by atoms with E-state index < -0.39 is 16.7 Å². The van der Waals surface area contributed by atoms with Gasteiger partial charge in [-0.05, 0) is 58.6 Å². The summed E-state index contributed by atoms with van der Waals surface area (Å²) in [7, 11) is 0. The van der Waals surface area contributed by atoms with E-state index in [2.05, 4.69) is 28.9 Å². The van der Waals surface area contributed by atoms with Crippen LogP contribution >= 0.6 is 0 Å². The standard InChI is InChI=1S/C22H31N3O3/c1-8-10-11-12-19(21(26)24-22(5,6)14-9-2)16-17(3)20(13-15-23-7)18(4)25(27)28/h9,12-16,21,24,26H,7,11H2,1-6H3/b14-9+,15-13-,17-16+,19-12+,20-18-. The first-order valence-corrected chi connectivity index (χ1v) is 8.95. The first kappa shape index (κ1) is 25.2. The third-order valence-corrected chi connectivity index (χ3v) is 3.84. The second-order valence-corrected chi connectivity index (χ2v) is 6.69. The minimum absolute atomic E-state index is 0.0157. The van der Waals surface area contributed by atoms with Gasteiger partial charge in [-0.25, -0.2) is 0 Å². The maximum Gasteiger partial charge on any atom is 0.250 e. The number of nitrogens with zero attached hydrogens (tertiary/aromatic N) is 2. The summed E-state index contributed by atoms with van der Waals surface area (Å²) in [6, 6.07) is 0. The number of aliphatic imine (C=N–C) groups is 1. The molecule has 0 saturated heterocycles. The van der Waals surface area contributed by atoms with E-state index in [4.69, 9.17) is 0 Å². The van der Waals surface area contributed by atoms with Crippen molar-refractivity contribution in [2.45, 2.75) is 59.7 Å². The summed E-state index contributed by atoms with van der Waals surface area (Å²) >= 11 is 0. The lowest BCUT2D eigenvalue weighted by Crippen LogP contribution is -2.45. The Labute approximate surface area is 168 Å². The van der Waals surface area contributed by atoms with Gasteiger partial charge in [-0.2, -0.15) is 0 Å². The smallest absolute Gasteiger partial charge is 0.250 e. The van der Waals surface area contributed by atoms with E-state index in [1.165, 1.54) is 19.2 Å². The average molecular weight is 386 g/mol. The molecule has 0 saturated carbocycles. The molecule has 0 aromatic rings. The van der Waals surface area contributed by atoms with Crippen molar-refractivity contribution in [1.29, 1.82) is 0 Å². The normalized spacial score (nSPS) is 15.2. The van der Waals surface area contributed by atoms with E-state index in [0.717, 1.165) is 0 Å². The topological polar surface area (TPSA) is 87.8 Å². The predicted molar refractivity (Wildman–Crippen MR) is 116 cm³/mol. The Kier molecular flexibility index (Phi) is 11.4. The summed E-state index contributed by atoms with van der Waals surface area (Å²) < 4.78 is 0. The van der Waals surface area contributed by atoms with Gasteiger partial charge >= 0.3 is 0 Å².